The van der Waals surface area contributed by atoms with E-state index in [1.165, 1.54) is 0 Å². The van der Waals surface area contributed by atoms with Crippen molar-refractivity contribution in [1.82, 2.24) is 0 Å². The molecule has 4 nitrogen and oxygen atoms in total. The molecule has 0 spiro atoms. The first-order chi connectivity index (χ1) is 8.19. The number of hydrogen-bond donors (Lipinski definition) is 0. The van der Waals surface area contributed by atoms with Crippen molar-refractivity contribution < 1.29 is 9.05 Å². The summed E-state index contributed by atoms with van der Waals surface area (Å²) in [6.45, 7) is 6.13. The molecule has 0 atom stereocenters. The van der Waals surface area contributed by atoms with Crippen LogP contribution in [0.2, 0.25) is 0 Å². The lowest BCUT2D eigenvalue weighted by Gasteiger charge is -2.09. The number of oxime groups is 1. The summed E-state index contributed by atoms with van der Waals surface area (Å²) in [6, 6.07) is 5.71. The van der Waals surface area contributed by atoms with E-state index >= 15 is 0 Å². The Morgan fingerprint density at radius 2 is 2.18 bits per heavy atom. The van der Waals surface area contributed by atoms with E-state index in [-0.39, 0.29) is 11.5 Å². The zero-order chi connectivity index (χ0) is 12.7. The Morgan fingerprint density at radius 3 is 2.76 bits per heavy atom. The highest BCUT2D eigenvalue weighted by molar-refractivity contribution is 7.54. The summed E-state index contributed by atoms with van der Waals surface area (Å²) < 4.78 is 14.4. The Balaban J connectivity index is 3.00. The van der Waals surface area contributed by atoms with E-state index in [1.54, 1.807) is 0 Å². The lowest BCUT2D eigenvalue weighted by molar-refractivity contribution is 0.130. The molecule has 0 aliphatic heterocycles. The number of benzene rings is 1. The van der Waals surface area contributed by atoms with Crippen molar-refractivity contribution >= 4 is 22.9 Å². The van der Waals surface area contributed by atoms with Crippen LogP contribution in [0.3, 0.4) is 0 Å². The van der Waals surface area contributed by atoms with Crippen molar-refractivity contribution in [3.8, 4) is 0 Å². The van der Waals surface area contributed by atoms with Crippen LogP contribution in [0, 0.1) is 0 Å². The van der Waals surface area contributed by atoms with E-state index in [1.807, 2.05) is 32.0 Å². The molecule has 17 heavy (non-hydrogen) atoms. The molecule has 0 aliphatic carbocycles. The van der Waals surface area contributed by atoms with E-state index in [9.17, 15) is 4.21 Å². The largest absolute Gasteiger partial charge is 0.391 e. The molecule has 1 aromatic carbocycles. The zero-order valence-corrected chi connectivity index (χ0v) is 11.1. The topological polar surface area (TPSA) is 51.0 Å². The van der Waals surface area contributed by atoms with Crippen LogP contribution in [-0.2, 0) is 29.3 Å². The van der Waals surface area contributed by atoms with Gasteiger partial charge in [-0.05, 0) is 31.9 Å². The summed E-state index contributed by atoms with van der Waals surface area (Å²) in [7, 11) is 0. The van der Waals surface area contributed by atoms with Gasteiger partial charge in [0.25, 0.3) is 0 Å². The average molecular weight is 252 g/mol. The Morgan fingerprint density at radius 1 is 1.41 bits per heavy atom. The van der Waals surface area contributed by atoms with Gasteiger partial charge in [-0.2, -0.15) is 8.57 Å². The SMILES string of the molecule is CCc1cccc(N=S=O)c1CON=C(C)C. The van der Waals surface area contributed by atoms with Gasteiger partial charge in [-0.1, -0.05) is 24.2 Å². The van der Waals surface area contributed by atoms with Gasteiger partial charge in [0.2, 0.25) is 11.5 Å². The lowest BCUT2D eigenvalue weighted by Crippen LogP contribution is -1.96. The maximum absolute atomic E-state index is 10.5. The molecule has 1 rings (SSSR count). The molecule has 0 unspecified atom stereocenters. The standard InChI is InChI=1S/C12H16N2O2S/c1-4-10-6-5-7-12(14-17-15)11(10)8-16-13-9(2)3/h5-7H,4,8H2,1-3H3. The first-order valence-electron chi connectivity index (χ1n) is 5.43. The van der Waals surface area contributed by atoms with Crippen LogP contribution in [0.5, 0.6) is 0 Å². The molecule has 0 bridgehead atoms. The van der Waals surface area contributed by atoms with Crippen LogP contribution in [0.25, 0.3) is 0 Å². The Hall–Kier alpha value is -1.49. The van der Waals surface area contributed by atoms with E-state index < -0.39 is 0 Å². The van der Waals surface area contributed by atoms with Crippen LogP contribution < -0.4 is 0 Å². The summed E-state index contributed by atoms with van der Waals surface area (Å²) in [5.41, 5.74) is 3.59. The van der Waals surface area contributed by atoms with Crippen LogP contribution in [0.15, 0.2) is 27.7 Å². The third-order valence-electron chi connectivity index (χ3n) is 2.22. The minimum atomic E-state index is 0.211. The summed E-state index contributed by atoms with van der Waals surface area (Å²) >= 11 is 0.211. The van der Waals surface area contributed by atoms with Gasteiger partial charge in [0, 0.05) is 5.56 Å². The molecule has 0 aromatic heterocycles. The Bertz CT molecular complexity index is 462. The van der Waals surface area contributed by atoms with Crippen LogP contribution >= 0.6 is 0 Å². The first-order valence-corrected chi connectivity index (χ1v) is 6.12. The average Bonchev–Trinajstić information content (AvgIpc) is 2.30. The van der Waals surface area contributed by atoms with Crippen molar-refractivity contribution in [2.75, 3.05) is 0 Å². The molecule has 0 N–H and O–H groups in total. The Kier molecular flexibility index (Phi) is 5.56. The second-order valence-electron chi connectivity index (χ2n) is 3.75. The van der Waals surface area contributed by atoms with Crippen molar-refractivity contribution in [1.29, 1.82) is 0 Å². The number of nitrogens with zero attached hydrogens (tertiary/aromatic N) is 2. The molecule has 0 fully saturated rings. The summed E-state index contributed by atoms with van der Waals surface area (Å²) in [4.78, 5) is 5.23. The van der Waals surface area contributed by atoms with Gasteiger partial charge < -0.3 is 4.84 Å². The summed E-state index contributed by atoms with van der Waals surface area (Å²) in [5.74, 6) is 0. The van der Waals surface area contributed by atoms with Gasteiger partial charge in [0.1, 0.15) is 6.61 Å². The molecule has 0 amide bonds. The predicted octanol–water partition coefficient (Wildman–Crippen LogP) is 3.19. The summed E-state index contributed by atoms with van der Waals surface area (Å²) in [5, 5.41) is 3.89. The van der Waals surface area contributed by atoms with Gasteiger partial charge in [-0.25, -0.2) is 0 Å². The molecule has 92 valence electrons. The molecule has 0 radical (unpaired) electrons. The Labute approximate surface area is 105 Å². The minimum Gasteiger partial charge on any atom is -0.391 e. The van der Waals surface area contributed by atoms with Crippen molar-refractivity contribution in [2.45, 2.75) is 33.8 Å². The van der Waals surface area contributed by atoms with Gasteiger partial charge in [-0.15, -0.1) is 0 Å². The van der Waals surface area contributed by atoms with Crippen molar-refractivity contribution in [3.05, 3.63) is 29.3 Å². The monoisotopic (exact) mass is 252 g/mol. The molecule has 5 heteroatoms. The number of aryl methyl sites for hydroxylation is 1. The third-order valence-corrected chi connectivity index (χ3v) is 2.49. The first kappa shape index (κ1) is 13.6. The molecule has 0 saturated heterocycles. The van der Waals surface area contributed by atoms with Gasteiger partial charge in [0.15, 0.2) is 0 Å². The quantitative estimate of drug-likeness (QED) is 0.597. The van der Waals surface area contributed by atoms with Gasteiger partial charge >= 0.3 is 0 Å². The highest BCUT2D eigenvalue weighted by Crippen LogP contribution is 2.24. The van der Waals surface area contributed by atoms with Crippen molar-refractivity contribution in [2.24, 2.45) is 9.52 Å². The van der Waals surface area contributed by atoms with E-state index in [4.69, 9.17) is 4.84 Å². The minimum absolute atomic E-state index is 0.211. The van der Waals surface area contributed by atoms with Gasteiger partial charge in [0.05, 0.1) is 11.4 Å². The predicted molar refractivity (Wildman–Crippen MR) is 69.6 cm³/mol. The molecule has 0 aliphatic rings. The molecule has 0 heterocycles. The number of hydrogen-bond acceptors (Lipinski definition) is 4. The van der Waals surface area contributed by atoms with E-state index in [0.29, 0.717) is 12.3 Å². The fraction of sp³-hybridized carbons (Fsp3) is 0.417. The molecule has 1 aromatic rings. The normalized spacial score (nSPS) is 9.59. The maximum atomic E-state index is 10.5. The van der Waals surface area contributed by atoms with Crippen LogP contribution in [-0.4, -0.2) is 9.92 Å². The summed E-state index contributed by atoms with van der Waals surface area (Å²) in [6.07, 6.45) is 0.875. The molecular weight excluding hydrogens is 236 g/mol. The second kappa shape index (κ2) is 6.96. The van der Waals surface area contributed by atoms with E-state index in [0.717, 1.165) is 23.3 Å². The highest BCUT2D eigenvalue weighted by Gasteiger charge is 2.07. The second-order valence-corrected chi connectivity index (χ2v) is 4.08. The van der Waals surface area contributed by atoms with Crippen molar-refractivity contribution in [3.63, 3.8) is 0 Å². The maximum Gasteiger partial charge on any atom is 0.205 e. The fourth-order valence-corrected chi connectivity index (χ4v) is 1.72. The van der Waals surface area contributed by atoms with Crippen LogP contribution in [0.4, 0.5) is 5.69 Å². The van der Waals surface area contributed by atoms with E-state index in [2.05, 4.69) is 16.4 Å². The molecule has 0 saturated carbocycles. The lowest BCUT2D eigenvalue weighted by atomic mass is 10.0. The fourth-order valence-electron chi connectivity index (χ4n) is 1.47. The molecular formula is C12H16N2O2S. The zero-order valence-electron chi connectivity index (χ0n) is 10.3. The third kappa shape index (κ3) is 4.11. The van der Waals surface area contributed by atoms with Crippen LogP contribution in [0.1, 0.15) is 31.9 Å². The van der Waals surface area contributed by atoms with Gasteiger partial charge in [-0.3, -0.25) is 0 Å². The highest BCUT2D eigenvalue weighted by atomic mass is 32.1. The number of rotatable bonds is 5. The smallest absolute Gasteiger partial charge is 0.205 e.